The van der Waals surface area contributed by atoms with Gasteiger partial charge < -0.3 is 9.30 Å². The van der Waals surface area contributed by atoms with Crippen molar-refractivity contribution in [3.63, 3.8) is 0 Å². The first kappa shape index (κ1) is 14.7. The molecule has 0 unspecified atom stereocenters. The van der Waals surface area contributed by atoms with Gasteiger partial charge in [-0.3, -0.25) is 0 Å². The van der Waals surface area contributed by atoms with E-state index in [0.29, 0.717) is 13.2 Å². The molecule has 0 fully saturated rings. The number of ether oxygens (including phenoxy) is 1. The van der Waals surface area contributed by atoms with E-state index in [1.807, 2.05) is 16.8 Å². The second kappa shape index (κ2) is 6.16. The van der Waals surface area contributed by atoms with E-state index < -0.39 is 8.07 Å². The van der Waals surface area contributed by atoms with Crippen LogP contribution in [0.3, 0.4) is 0 Å². The summed E-state index contributed by atoms with van der Waals surface area (Å²) in [5.74, 6) is 0. The molecule has 2 rings (SSSR count). The third-order valence-corrected chi connectivity index (χ3v) is 4.82. The van der Waals surface area contributed by atoms with Gasteiger partial charge in [0.15, 0.2) is 0 Å². The predicted octanol–water partition coefficient (Wildman–Crippen LogP) is 2.81. The van der Waals surface area contributed by atoms with Crippen LogP contribution in [0.4, 0.5) is 0 Å². The molecule has 0 amide bonds. The summed E-state index contributed by atoms with van der Waals surface area (Å²) in [6.07, 6.45) is 3.75. The number of rotatable bonds is 6. The first-order chi connectivity index (χ1) is 9.51. The zero-order valence-electron chi connectivity index (χ0n) is 12.3. The molecule has 20 heavy (non-hydrogen) atoms. The fraction of sp³-hybridized carbons (Fsp3) is 0.500. The Morgan fingerprint density at radius 3 is 2.85 bits per heavy atom. The van der Waals surface area contributed by atoms with Gasteiger partial charge in [-0.15, -0.1) is 0 Å². The Bertz CT molecular complexity index is 624. The topological polar surface area (TPSA) is 63.7 Å². The highest BCUT2D eigenvalue weighted by Gasteiger charge is 2.12. The lowest BCUT2D eigenvalue weighted by molar-refractivity contribution is 0.0899. The van der Waals surface area contributed by atoms with Crippen LogP contribution in [0.25, 0.3) is 11.0 Å². The molecule has 0 bridgehead atoms. The summed E-state index contributed by atoms with van der Waals surface area (Å²) in [4.78, 5) is 8.44. The van der Waals surface area contributed by atoms with Crippen molar-refractivity contribution in [2.75, 3.05) is 6.61 Å². The Balaban J connectivity index is 2.05. The molecule has 0 saturated carbocycles. The summed E-state index contributed by atoms with van der Waals surface area (Å²) < 4.78 is 7.69. The smallest absolute Gasteiger partial charge is 0.145 e. The Hall–Kier alpha value is -1.71. The van der Waals surface area contributed by atoms with Crippen LogP contribution in [0.5, 0.6) is 0 Å². The van der Waals surface area contributed by atoms with Crippen LogP contribution in [0, 0.1) is 11.3 Å². The van der Waals surface area contributed by atoms with Gasteiger partial charge in [-0.05, 0) is 12.1 Å². The first-order valence-electron chi connectivity index (χ1n) is 6.75. The number of nitrogens with zero attached hydrogens (tertiary/aromatic N) is 4. The average molecular weight is 288 g/mol. The highest BCUT2D eigenvalue weighted by molar-refractivity contribution is 6.76. The van der Waals surface area contributed by atoms with E-state index in [1.54, 1.807) is 0 Å². The summed E-state index contributed by atoms with van der Waals surface area (Å²) in [5, 5.41) is 9.73. The second-order valence-electron chi connectivity index (χ2n) is 6.03. The molecule has 0 aliphatic carbocycles. The summed E-state index contributed by atoms with van der Waals surface area (Å²) in [6, 6.07) is 5.23. The fourth-order valence-corrected chi connectivity index (χ4v) is 2.67. The SMILES string of the molecule is C[Si](C)(C)CCOCn1ccc2c(CC#N)ncnc21. The molecule has 0 aliphatic rings. The van der Waals surface area contributed by atoms with Crippen LogP contribution in [-0.4, -0.2) is 29.2 Å². The van der Waals surface area contributed by atoms with Gasteiger partial charge >= 0.3 is 0 Å². The van der Waals surface area contributed by atoms with E-state index in [0.717, 1.165) is 29.4 Å². The molecule has 106 valence electrons. The summed E-state index contributed by atoms with van der Waals surface area (Å²) in [6.45, 7) is 8.29. The Labute approximate surface area is 120 Å². The Morgan fingerprint density at radius 2 is 2.15 bits per heavy atom. The minimum absolute atomic E-state index is 0.305. The molecule has 0 radical (unpaired) electrons. The number of hydrogen-bond acceptors (Lipinski definition) is 4. The molecule has 0 aliphatic heterocycles. The largest absolute Gasteiger partial charge is 0.361 e. The average Bonchev–Trinajstić information content (AvgIpc) is 2.78. The normalized spacial score (nSPS) is 11.7. The van der Waals surface area contributed by atoms with Crippen LogP contribution in [-0.2, 0) is 17.9 Å². The van der Waals surface area contributed by atoms with Gasteiger partial charge in [0.25, 0.3) is 0 Å². The van der Waals surface area contributed by atoms with Crippen molar-refractivity contribution >= 4 is 19.1 Å². The van der Waals surface area contributed by atoms with Crippen molar-refractivity contribution in [2.45, 2.75) is 38.8 Å². The van der Waals surface area contributed by atoms with Crippen molar-refractivity contribution in [1.82, 2.24) is 14.5 Å². The zero-order chi connectivity index (χ0) is 14.6. The van der Waals surface area contributed by atoms with Gasteiger partial charge in [0.1, 0.15) is 18.7 Å². The van der Waals surface area contributed by atoms with E-state index in [1.165, 1.54) is 6.33 Å². The Morgan fingerprint density at radius 1 is 1.35 bits per heavy atom. The maximum atomic E-state index is 8.80. The third-order valence-electron chi connectivity index (χ3n) is 3.11. The van der Waals surface area contributed by atoms with Crippen molar-refractivity contribution < 1.29 is 4.74 Å². The monoisotopic (exact) mass is 288 g/mol. The van der Waals surface area contributed by atoms with Gasteiger partial charge in [-0.2, -0.15) is 5.26 Å². The van der Waals surface area contributed by atoms with Crippen LogP contribution < -0.4 is 0 Å². The standard InChI is InChI=1S/C14H20N4OSi/c1-20(2,3)9-8-19-11-18-7-5-12-13(4-6-15)16-10-17-14(12)18/h5,7,10H,4,8-9,11H2,1-3H3. The molecule has 2 aromatic heterocycles. The van der Waals surface area contributed by atoms with E-state index >= 15 is 0 Å². The predicted molar refractivity (Wildman–Crippen MR) is 81.0 cm³/mol. The number of aromatic nitrogens is 3. The third kappa shape index (κ3) is 3.65. The van der Waals surface area contributed by atoms with Crippen molar-refractivity contribution in [3.8, 4) is 6.07 Å². The lowest BCUT2D eigenvalue weighted by Crippen LogP contribution is -2.22. The number of fused-ring (bicyclic) bond motifs is 1. The van der Waals surface area contributed by atoms with Gasteiger partial charge in [0.05, 0.1) is 18.2 Å². The van der Waals surface area contributed by atoms with E-state index in [2.05, 4.69) is 35.7 Å². The van der Waals surface area contributed by atoms with Crippen molar-refractivity contribution in [1.29, 1.82) is 5.26 Å². The van der Waals surface area contributed by atoms with E-state index in [9.17, 15) is 0 Å². The molecule has 0 saturated heterocycles. The molecule has 0 spiro atoms. The number of hydrogen-bond donors (Lipinski definition) is 0. The summed E-state index contributed by atoms with van der Waals surface area (Å²) in [7, 11) is -1.05. The molecule has 5 nitrogen and oxygen atoms in total. The molecule has 2 aromatic rings. The van der Waals surface area contributed by atoms with Gasteiger partial charge in [-0.1, -0.05) is 19.6 Å². The van der Waals surface area contributed by atoms with Crippen LogP contribution in [0.2, 0.25) is 25.7 Å². The fourth-order valence-electron chi connectivity index (χ4n) is 1.92. The maximum Gasteiger partial charge on any atom is 0.145 e. The molecule has 2 heterocycles. The second-order valence-corrected chi connectivity index (χ2v) is 11.6. The minimum atomic E-state index is -1.05. The summed E-state index contributed by atoms with van der Waals surface area (Å²) >= 11 is 0. The van der Waals surface area contributed by atoms with Crippen LogP contribution >= 0.6 is 0 Å². The first-order valence-corrected chi connectivity index (χ1v) is 10.5. The van der Waals surface area contributed by atoms with Gasteiger partial charge in [0, 0.05) is 26.3 Å². The van der Waals surface area contributed by atoms with Gasteiger partial charge in [-0.25, -0.2) is 9.97 Å². The van der Waals surface area contributed by atoms with E-state index in [-0.39, 0.29) is 0 Å². The van der Waals surface area contributed by atoms with E-state index in [4.69, 9.17) is 10.00 Å². The zero-order valence-corrected chi connectivity index (χ0v) is 13.3. The lowest BCUT2D eigenvalue weighted by atomic mass is 10.2. The molecular weight excluding hydrogens is 268 g/mol. The molecule has 0 atom stereocenters. The highest BCUT2D eigenvalue weighted by atomic mass is 28.3. The lowest BCUT2D eigenvalue weighted by Gasteiger charge is -2.15. The highest BCUT2D eigenvalue weighted by Crippen LogP contribution is 2.17. The van der Waals surface area contributed by atoms with Crippen LogP contribution in [0.1, 0.15) is 5.69 Å². The maximum absolute atomic E-state index is 8.80. The van der Waals surface area contributed by atoms with Crippen molar-refractivity contribution in [2.24, 2.45) is 0 Å². The molecule has 0 aromatic carbocycles. The molecule has 6 heteroatoms. The number of nitriles is 1. The summed E-state index contributed by atoms with van der Waals surface area (Å²) in [5.41, 5.74) is 1.61. The van der Waals surface area contributed by atoms with Crippen molar-refractivity contribution in [3.05, 3.63) is 24.3 Å². The Kier molecular flexibility index (Phi) is 4.52. The van der Waals surface area contributed by atoms with Crippen LogP contribution in [0.15, 0.2) is 18.6 Å². The quantitative estimate of drug-likeness (QED) is 0.605. The minimum Gasteiger partial charge on any atom is -0.361 e. The molecular formula is C14H20N4OSi. The van der Waals surface area contributed by atoms with Gasteiger partial charge in [0.2, 0.25) is 0 Å². The molecule has 0 N–H and O–H groups in total.